The Bertz CT molecular complexity index is 274. The van der Waals surface area contributed by atoms with E-state index >= 15 is 0 Å². The summed E-state index contributed by atoms with van der Waals surface area (Å²) in [6, 6.07) is 0. The van der Waals surface area contributed by atoms with Crippen molar-refractivity contribution in [3.63, 3.8) is 0 Å². The number of carboxylic acids is 1. The first-order valence-corrected chi connectivity index (χ1v) is 5.36. The molecule has 2 rings (SSSR count). The van der Waals surface area contributed by atoms with Crippen molar-refractivity contribution >= 4 is 5.97 Å². The number of hydrogen-bond acceptors (Lipinski definition) is 2. The van der Waals surface area contributed by atoms with E-state index < -0.39 is 5.97 Å². The summed E-state index contributed by atoms with van der Waals surface area (Å²) in [5.41, 5.74) is 6.04. The second-order valence-corrected chi connectivity index (χ2v) is 5.58. The van der Waals surface area contributed by atoms with E-state index in [1.54, 1.807) is 0 Å². The summed E-state index contributed by atoms with van der Waals surface area (Å²) in [5.74, 6) is 0.584. The number of fused-ring (bicyclic) bond motifs is 1. The highest BCUT2D eigenvalue weighted by Gasteiger charge is 2.69. The van der Waals surface area contributed by atoms with Gasteiger partial charge in [0.1, 0.15) is 0 Å². The van der Waals surface area contributed by atoms with Gasteiger partial charge in [0.15, 0.2) is 0 Å². The van der Waals surface area contributed by atoms with Crippen LogP contribution in [0.5, 0.6) is 0 Å². The standard InChI is InChI=1S/C11H19NO2/c1-10(2)7-3-4-11(6-12,9(7)10)5-8(13)14/h7,9H,3-6,12H2,1-2H3,(H,13,14)/t7-,9+,11-/m0/s1. The monoisotopic (exact) mass is 197 g/mol. The van der Waals surface area contributed by atoms with Crippen LogP contribution in [0.15, 0.2) is 0 Å². The molecule has 3 heteroatoms. The predicted octanol–water partition coefficient (Wildman–Crippen LogP) is 1.47. The second kappa shape index (κ2) is 2.72. The molecule has 0 aliphatic heterocycles. The van der Waals surface area contributed by atoms with E-state index in [2.05, 4.69) is 13.8 Å². The van der Waals surface area contributed by atoms with Gasteiger partial charge in [-0.1, -0.05) is 13.8 Å². The summed E-state index contributed by atoms with van der Waals surface area (Å²) >= 11 is 0. The van der Waals surface area contributed by atoms with Crippen LogP contribution in [0.3, 0.4) is 0 Å². The molecule has 0 amide bonds. The van der Waals surface area contributed by atoms with E-state index in [4.69, 9.17) is 10.8 Å². The third kappa shape index (κ3) is 1.11. The summed E-state index contributed by atoms with van der Waals surface area (Å²) in [6.07, 6.45) is 2.44. The molecule has 2 aliphatic rings. The largest absolute Gasteiger partial charge is 0.481 e. The van der Waals surface area contributed by atoms with Crippen LogP contribution in [0.25, 0.3) is 0 Å². The summed E-state index contributed by atoms with van der Waals surface area (Å²) in [4.78, 5) is 10.8. The van der Waals surface area contributed by atoms with Gasteiger partial charge in [0, 0.05) is 0 Å². The fourth-order valence-corrected chi connectivity index (χ4v) is 3.90. The van der Waals surface area contributed by atoms with Crippen LogP contribution in [0.4, 0.5) is 0 Å². The molecule has 3 N–H and O–H groups in total. The van der Waals surface area contributed by atoms with Crippen molar-refractivity contribution in [3.8, 4) is 0 Å². The highest BCUT2D eigenvalue weighted by atomic mass is 16.4. The minimum Gasteiger partial charge on any atom is -0.481 e. The maximum absolute atomic E-state index is 10.8. The smallest absolute Gasteiger partial charge is 0.303 e. The van der Waals surface area contributed by atoms with Gasteiger partial charge in [0.2, 0.25) is 0 Å². The molecule has 0 spiro atoms. The van der Waals surface area contributed by atoms with Crippen LogP contribution in [-0.4, -0.2) is 17.6 Å². The van der Waals surface area contributed by atoms with E-state index in [0.29, 0.717) is 17.9 Å². The zero-order valence-corrected chi connectivity index (χ0v) is 8.92. The Morgan fingerprint density at radius 1 is 1.57 bits per heavy atom. The number of carbonyl (C=O) groups is 1. The second-order valence-electron chi connectivity index (χ2n) is 5.58. The Morgan fingerprint density at radius 3 is 2.57 bits per heavy atom. The van der Waals surface area contributed by atoms with E-state index in [9.17, 15) is 4.79 Å². The topological polar surface area (TPSA) is 63.3 Å². The van der Waals surface area contributed by atoms with Crippen molar-refractivity contribution in [2.24, 2.45) is 28.4 Å². The summed E-state index contributed by atoms with van der Waals surface area (Å²) in [7, 11) is 0. The maximum Gasteiger partial charge on any atom is 0.303 e. The maximum atomic E-state index is 10.8. The quantitative estimate of drug-likeness (QED) is 0.720. The van der Waals surface area contributed by atoms with Gasteiger partial charge in [-0.15, -0.1) is 0 Å². The predicted molar refractivity (Wildman–Crippen MR) is 53.7 cm³/mol. The van der Waals surface area contributed by atoms with E-state index in [1.165, 1.54) is 6.42 Å². The molecule has 0 heterocycles. The van der Waals surface area contributed by atoms with Gasteiger partial charge in [-0.25, -0.2) is 0 Å². The number of carboxylic acid groups (broad SMARTS) is 1. The molecule has 0 radical (unpaired) electrons. The fraction of sp³-hybridized carbons (Fsp3) is 0.909. The van der Waals surface area contributed by atoms with E-state index in [0.717, 1.165) is 12.3 Å². The Morgan fingerprint density at radius 2 is 2.21 bits per heavy atom. The fourth-order valence-electron chi connectivity index (χ4n) is 3.90. The number of aliphatic carboxylic acids is 1. The highest BCUT2D eigenvalue weighted by molar-refractivity contribution is 5.68. The molecule has 3 atom stereocenters. The molecular weight excluding hydrogens is 178 g/mol. The third-order valence-electron chi connectivity index (χ3n) is 4.57. The Balaban J connectivity index is 2.18. The molecule has 2 fully saturated rings. The van der Waals surface area contributed by atoms with Gasteiger partial charge in [-0.05, 0) is 42.1 Å². The van der Waals surface area contributed by atoms with Crippen LogP contribution in [0.2, 0.25) is 0 Å². The van der Waals surface area contributed by atoms with Crippen molar-refractivity contribution < 1.29 is 9.90 Å². The zero-order valence-electron chi connectivity index (χ0n) is 8.92. The Hall–Kier alpha value is -0.570. The van der Waals surface area contributed by atoms with Crippen molar-refractivity contribution in [1.29, 1.82) is 0 Å². The molecule has 0 unspecified atom stereocenters. The lowest BCUT2D eigenvalue weighted by atomic mass is 9.75. The number of hydrogen-bond donors (Lipinski definition) is 2. The number of rotatable bonds is 3. The average molecular weight is 197 g/mol. The molecule has 2 aliphatic carbocycles. The molecular formula is C11H19NO2. The summed E-state index contributed by atoms with van der Waals surface area (Å²) in [6.45, 7) is 5.02. The van der Waals surface area contributed by atoms with Gasteiger partial charge in [-0.2, -0.15) is 0 Å². The average Bonchev–Trinajstić information content (AvgIpc) is 2.48. The van der Waals surface area contributed by atoms with Gasteiger partial charge in [0.25, 0.3) is 0 Å². The molecule has 2 saturated carbocycles. The van der Waals surface area contributed by atoms with Gasteiger partial charge in [0.05, 0.1) is 6.42 Å². The minimum atomic E-state index is -0.696. The van der Waals surface area contributed by atoms with Gasteiger partial charge < -0.3 is 10.8 Å². The van der Waals surface area contributed by atoms with Crippen molar-refractivity contribution in [1.82, 2.24) is 0 Å². The summed E-state index contributed by atoms with van der Waals surface area (Å²) in [5, 5.41) is 8.92. The van der Waals surface area contributed by atoms with Crippen LogP contribution in [0, 0.1) is 22.7 Å². The molecule has 3 nitrogen and oxygen atoms in total. The van der Waals surface area contributed by atoms with Crippen molar-refractivity contribution in [3.05, 3.63) is 0 Å². The molecule has 80 valence electrons. The first kappa shape index (κ1) is 9.97. The summed E-state index contributed by atoms with van der Waals surface area (Å²) < 4.78 is 0. The number of nitrogens with two attached hydrogens (primary N) is 1. The molecule has 0 aromatic rings. The van der Waals surface area contributed by atoms with E-state index in [-0.39, 0.29) is 11.8 Å². The highest BCUT2D eigenvalue weighted by Crippen LogP contribution is 2.74. The van der Waals surface area contributed by atoms with Crippen LogP contribution in [0.1, 0.15) is 33.1 Å². The SMILES string of the molecule is CC1(C)[C@H]2[C@@H]1CC[C@@]2(CN)CC(=O)O. The Labute approximate surface area is 84.7 Å². The van der Waals surface area contributed by atoms with Gasteiger partial charge in [-0.3, -0.25) is 4.79 Å². The molecule has 14 heavy (non-hydrogen) atoms. The van der Waals surface area contributed by atoms with Crippen molar-refractivity contribution in [2.45, 2.75) is 33.1 Å². The van der Waals surface area contributed by atoms with Crippen LogP contribution in [-0.2, 0) is 4.79 Å². The van der Waals surface area contributed by atoms with Gasteiger partial charge >= 0.3 is 5.97 Å². The molecule has 0 aromatic carbocycles. The van der Waals surface area contributed by atoms with E-state index in [1.807, 2.05) is 0 Å². The normalized spacial score (nSPS) is 43.4. The zero-order chi connectivity index (χ0) is 10.6. The minimum absolute atomic E-state index is 0.0972. The first-order valence-electron chi connectivity index (χ1n) is 5.36. The van der Waals surface area contributed by atoms with Crippen LogP contribution < -0.4 is 5.73 Å². The lowest BCUT2D eigenvalue weighted by Gasteiger charge is -2.31. The molecule has 0 saturated heterocycles. The Kier molecular flexibility index (Phi) is 1.94. The molecule has 0 aromatic heterocycles. The van der Waals surface area contributed by atoms with Crippen molar-refractivity contribution in [2.75, 3.05) is 6.54 Å². The first-order chi connectivity index (χ1) is 6.44. The lowest BCUT2D eigenvalue weighted by molar-refractivity contribution is -0.140. The van der Waals surface area contributed by atoms with Crippen LogP contribution >= 0.6 is 0 Å². The lowest BCUT2D eigenvalue weighted by Crippen LogP contribution is -2.35. The third-order valence-corrected chi connectivity index (χ3v) is 4.57. The molecule has 0 bridgehead atoms.